The van der Waals surface area contributed by atoms with Crippen molar-refractivity contribution in [3.8, 4) is 5.75 Å². The first-order chi connectivity index (χ1) is 16.3. The number of aromatic amines is 1. The van der Waals surface area contributed by atoms with Gasteiger partial charge in [0, 0.05) is 18.3 Å². The van der Waals surface area contributed by atoms with Crippen molar-refractivity contribution in [1.82, 2.24) is 20.6 Å². The lowest BCUT2D eigenvalue weighted by atomic mass is 9.95. The van der Waals surface area contributed by atoms with Crippen LogP contribution in [0.2, 0.25) is 0 Å². The summed E-state index contributed by atoms with van der Waals surface area (Å²) in [6.45, 7) is 5.78. The van der Waals surface area contributed by atoms with Crippen LogP contribution in [0.3, 0.4) is 0 Å². The lowest BCUT2D eigenvalue weighted by molar-refractivity contribution is -0.131. The van der Waals surface area contributed by atoms with Crippen molar-refractivity contribution in [2.75, 3.05) is 7.11 Å². The van der Waals surface area contributed by atoms with Crippen LogP contribution in [0, 0.1) is 5.92 Å². The van der Waals surface area contributed by atoms with Gasteiger partial charge in [-0.05, 0) is 47.7 Å². The molecule has 0 radical (unpaired) electrons. The Balaban J connectivity index is 1.70. The smallest absolute Gasteiger partial charge is 0.243 e. The third-order valence-electron chi connectivity index (χ3n) is 5.79. The second-order valence-electron chi connectivity index (χ2n) is 8.92. The lowest BCUT2D eigenvalue weighted by Crippen LogP contribution is -2.51. The number of methoxy groups -OCH3 is 1. The summed E-state index contributed by atoms with van der Waals surface area (Å²) >= 11 is 0. The Morgan fingerprint density at radius 2 is 1.79 bits per heavy atom. The molecule has 3 N–H and O–H groups in total. The van der Waals surface area contributed by atoms with E-state index in [-0.39, 0.29) is 17.7 Å². The van der Waals surface area contributed by atoms with Gasteiger partial charge in [-0.1, -0.05) is 38.1 Å². The highest BCUT2D eigenvalue weighted by Gasteiger charge is 2.27. The van der Waals surface area contributed by atoms with E-state index < -0.39 is 18.0 Å². The van der Waals surface area contributed by atoms with Gasteiger partial charge < -0.3 is 25.1 Å². The molecule has 2 amide bonds. The van der Waals surface area contributed by atoms with Gasteiger partial charge in [-0.25, -0.2) is 4.98 Å². The molecule has 0 aliphatic heterocycles. The summed E-state index contributed by atoms with van der Waals surface area (Å²) in [5, 5.41) is 7.66. The molecular weight excluding hydrogens is 432 g/mol. The van der Waals surface area contributed by atoms with Gasteiger partial charge in [0.15, 0.2) is 0 Å². The number of hydrogen-bond acceptors (Lipinski definition) is 5. The highest BCUT2D eigenvalue weighted by atomic mass is 16.5. The fourth-order valence-corrected chi connectivity index (χ4v) is 3.84. The summed E-state index contributed by atoms with van der Waals surface area (Å²) in [4.78, 5) is 44.5. The molecule has 0 spiro atoms. The van der Waals surface area contributed by atoms with Gasteiger partial charge in [0.25, 0.3) is 0 Å². The van der Waals surface area contributed by atoms with Gasteiger partial charge in [-0.15, -0.1) is 0 Å². The van der Waals surface area contributed by atoms with Crippen molar-refractivity contribution in [3.05, 3.63) is 60.2 Å². The minimum atomic E-state index is -0.746. The average molecular weight is 465 g/mol. The Hall–Kier alpha value is -3.68. The van der Waals surface area contributed by atoms with Crippen molar-refractivity contribution in [2.45, 2.75) is 51.6 Å². The van der Waals surface area contributed by atoms with Gasteiger partial charge in [0.1, 0.15) is 18.1 Å². The van der Waals surface area contributed by atoms with E-state index in [9.17, 15) is 14.4 Å². The van der Waals surface area contributed by atoms with Crippen molar-refractivity contribution < 1.29 is 19.1 Å². The van der Waals surface area contributed by atoms with Gasteiger partial charge >= 0.3 is 0 Å². The van der Waals surface area contributed by atoms with Crippen LogP contribution in [0.5, 0.6) is 5.75 Å². The number of fused-ring (bicyclic) bond motifs is 1. The topological polar surface area (TPSA) is 113 Å². The van der Waals surface area contributed by atoms with Gasteiger partial charge in [-0.2, -0.15) is 0 Å². The number of rotatable bonds is 11. The van der Waals surface area contributed by atoms with E-state index in [4.69, 9.17) is 4.74 Å². The number of nitrogens with one attached hydrogen (secondary N) is 3. The average Bonchev–Trinajstić information content (AvgIpc) is 3.34. The third kappa shape index (κ3) is 6.43. The van der Waals surface area contributed by atoms with Crippen molar-refractivity contribution >= 4 is 28.9 Å². The molecule has 180 valence electrons. The maximum absolute atomic E-state index is 13.1. The molecule has 0 fully saturated rings. The summed E-state index contributed by atoms with van der Waals surface area (Å²) in [6, 6.07) is 10.2. The fraction of sp³-hybridized carbons (Fsp3) is 0.385. The molecule has 8 heteroatoms. The maximum Gasteiger partial charge on any atom is 0.243 e. The van der Waals surface area contributed by atoms with Crippen LogP contribution >= 0.6 is 0 Å². The maximum atomic E-state index is 13.1. The van der Waals surface area contributed by atoms with Crippen LogP contribution in [0.1, 0.15) is 44.4 Å². The molecule has 0 aliphatic carbocycles. The Morgan fingerprint density at radius 3 is 2.44 bits per heavy atom. The minimum absolute atomic E-state index is 0.171. The number of benzene rings is 2. The molecule has 3 rings (SSSR count). The van der Waals surface area contributed by atoms with Crippen LogP contribution in [-0.2, 0) is 20.8 Å². The van der Waals surface area contributed by atoms with Crippen molar-refractivity contribution in [1.29, 1.82) is 0 Å². The van der Waals surface area contributed by atoms with Crippen LogP contribution in [-0.4, -0.2) is 47.3 Å². The summed E-state index contributed by atoms with van der Waals surface area (Å²) in [6.07, 6.45) is 4.58. The molecule has 1 aromatic heterocycles. The van der Waals surface area contributed by atoms with Crippen molar-refractivity contribution in [3.63, 3.8) is 0 Å². The second-order valence-corrected chi connectivity index (χ2v) is 8.92. The number of aromatic nitrogens is 2. The summed E-state index contributed by atoms with van der Waals surface area (Å²) < 4.78 is 5.27. The predicted octanol–water partition coefficient (Wildman–Crippen LogP) is 3.13. The molecular formula is C26H32N4O4. The van der Waals surface area contributed by atoms with E-state index in [1.165, 1.54) is 6.33 Å². The zero-order valence-corrected chi connectivity index (χ0v) is 20.0. The number of H-pyrrole nitrogens is 1. The minimum Gasteiger partial charge on any atom is -0.497 e. The highest BCUT2D eigenvalue weighted by Crippen LogP contribution is 2.25. The van der Waals surface area contributed by atoms with E-state index in [2.05, 4.69) is 20.6 Å². The first kappa shape index (κ1) is 25.0. The molecule has 0 unspecified atom stereocenters. The molecule has 3 aromatic rings. The number of hydrogen-bond donors (Lipinski definition) is 3. The molecule has 3 atom stereocenters. The number of carbonyl (C=O) groups excluding carboxylic acids is 3. The normalized spacial score (nSPS) is 13.8. The van der Waals surface area contributed by atoms with Crippen LogP contribution < -0.4 is 15.4 Å². The quantitative estimate of drug-likeness (QED) is 0.377. The number of nitrogens with zero attached hydrogens (tertiary/aromatic N) is 1. The second kappa shape index (κ2) is 11.4. The first-order valence-corrected chi connectivity index (χ1v) is 11.4. The van der Waals surface area contributed by atoms with Crippen LogP contribution in [0.25, 0.3) is 10.8 Å². The molecule has 34 heavy (non-hydrogen) atoms. The number of carbonyl (C=O) groups is 3. The number of ether oxygens (including phenoxy) is 1. The number of aldehydes is 1. The number of amides is 2. The summed E-state index contributed by atoms with van der Waals surface area (Å²) in [5.74, 6) is -0.138. The van der Waals surface area contributed by atoms with Gasteiger partial charge in [0.2, 0.25) is 11.8 Å². The lowest BCUT2D eigenvalue weighted by Gasteiger charge is -2.24. The highest BCUT2D eigenvalue weighted by molar-refractivity contribution is 5.92. The molecule has 0 bridgehead atoms. The van der Waals surface area contributed by atoms with Crippen LogP contribution in [0.4, 0.5) is 0 Å². The molecule has 0 aliphatic rings. The molecule has 0 saturated heterocycles. The Morgan fingerprint density at radius 1 is 1.06 bits per heavy atom. The zero-order chi connectivity index (χ0) is 24.7. The Labute approximate surface area is 199 Å². The molecule has 2 aromatic carbocycles. The van der Waals surface area contributed by atoms with E-state index in [0.717, 1.165) is 27.8 Å². The fourth-order valence-electron chi connectivity index (χ4n) is 3.84. The monoisotopic (exact) mass is 464 g/mol. The van der Waals surface area contributed by atoms with E-state index >= 15 is 0 Å². The number of imidazole rings is 1. The van der Waals surface area contributed by atoms with E-state index in [1.807, 2.05) is 57.2 Å². The summed E-state index contributed by atoms with van der Waals surface area (Å²) in [7, 11) is 1.63. The van der Waals surface area contributed by atoms with E-state index in [1.54, 1.807) is 13.3 Å². The molecule has 0 saturated carbocycles. The Kier molecular flexibility index (Phi) is 8.40. The largest absolute Gasteiger partial charge is 0.497 e. The predicted molar refractivity (Wildman–Crippen MR) is 131 cm³/mol. The van der Waals surface area contributed by atoms with Gasteiger partial charge in [0.05, 0.1) is 25.4 Å². The molecule has 8 nitrogen and oxygen atoms in total. The third-order valence-corrected chi connectivity index (χ3v) is 5.79. The van der Waals surface area contributed by atoms with Crippen LogP contribution in [0.15, 0.2) is 48.9 Å². The SMILES string of the molecule is COc1ccc2cc([C@H](C)C(=O)N[C@@H](CC(C)C)C(=O)N[C@H](C=O)Cc3cnc[nH]3)ccc2c1. The Bertz CT molecular complexity index is 1130. The first-order valence-electron chi connectivity index (χ1n) is 11.4. The molecule has 1 heterocycles. The standard InChI is InChI=1S/C26H32N4O4/c1-16(2)9-24(26(33)29-22(14-31)12-21-13-27-15-28-21)30-25(32)17(3)18-5-6-20-11-23(34-4)8-7-19(20)10-18/h5-8,10-11,13-17,22,24H,9,12H2,1-4H3,(H,27,28)(H,29,33)(H,30,32)/t17-,22-,24-/m0/s1. The summed E-state index contributed by atoms with van der Waals surface area (Å²) in [5.41, 5.74) is 1.59. The van der Waals surface area contributed by atoms with Crippen molar-refractivity contribution in [2.24, 2.45) is 5.92 Å². The van der Waals surface area contributed by atoms with E-state index in [0.29, 0.717) is 19.1 Å². The van der Waals surface area contributed by atoms with Gasteiger partial charge in [-0.3, -0.25) is 9.59 Å². The zero-order valence-electron chi connectivity index (χ0n) is 20.0.